The van der Waals surface area contributed by atoms with Crippen LogP contribution in [0.5, 0.6) is 0 Å². The molecule has 2 heterocycles. The van der Waals surface area contributed by atoms with E-state index in [2.05, 4.69) is 14.7 Å². The predicted octanol–water partition coefficient (Wildman–Crippen LogP) is 5.36. The van der Waals surface area contributed by atoms with Gasteiger partial charge in [0.15, 0.2) is 5.65 Å². The van der Waals surface area contributed by atoms with Gasteiger partial charge in [0.1, 0.15) is 17.0 Å². The highest BCUT2D eigenvalue weighted by Gasteiger charge is 2.19. The number of hydrogen-bond acceptors (Lipinski definition) is 5. The molecular formula is C26H27ClN4O3S. The molecule has 7 nitrogen and oxygen atoms in total. The van der Waals surface area contributed by atoms with Crippen molar-refractivity contribution < 1.29 is 13.2 Å². The average Bonchev–Trinajstić information content (AvgIpc) is 3.14. The Balaban J connectivity index is 1.59. The summed E-state index contributed by atoms with van der Waals surface area (Å²) in [6.45, 7) is 4.25. The molecule has 35 heavy (non-hydrogen) atoms. The lowest BCUT2D eigenvalue weighted by Crippen LogP contribution is -2.33. The first-order valence-electron chi connectivity index (χ1n) is 11.5. The van der Waals surface area contributed by atoms with Crippen LogP contribution in [0.2, 0.25) is 5.02 Å². The minimum Gasteiger partial charge on any atom is -0.308 e. The fourth-order valence-corrected chi connectivity index (χ4v) is 5.19. The fraction of sp³-hybridized carbons (Fsp3) is 0.269. The van der Waals surface area contributed by atoms with E-state index in [1.165, 1.54) is 6.07 Å². The molecule has 0 unspecified atom stereocenters. The molecule has 9 heteroatoms. The lowest BCUT2D eigenvalue weighted by molar-refractivity contribution is 0.0977. The standard InChI is InChI=1S/C26H27ClN4O3S/c1-3-4-8-15-35(33,34)30-26(32)24-14-13-23-25(29-24)31(18(2)28-23)17-21-12-11-20(16-22(21)27)19-9-6-5-7-10-19/h5-7,9-14,16H,3-4,8,15,17H2,1-2H3,(H,30,32). The van der Waals surface area contributed by atoms with Gasteiger partial charge in [-0.3, -0.25) is 4.79 Å². The van der Waals surface area contributed by atoms with Gasteiger partial charge in [0.25, 0.3) is 5.91 Å². The lowest BCUT2D eigenvalue weighted by atomic mass is 10.0. The number of imidazole rings is 1. The van der Waals surface area contributed by atoms with Crippen molar-refractivity contribution >= 4 is 38.7 Å². The van der Waals surface area contributed by atoms with Gasteiger partial charge >= 0.3 is 0 Å². The van der Waals surface area contributed by atoms with Gasteiger partial charge in [-0.05, 0) is 48.2 Å². The summed E-state index contributed by atoms with van der Waals surface area (Å²) in [6, 6.07) is 19.0. The molecule has 0 saturated carbocycles. The molecule has 1 amide bonds. The summed E-state index contributed by atoms with van der Waals surface area (Å²) in [5.41, 5.74) is 4.09. The Morgan fingerprint density at radius 2 is 1.77 bits per heavy atom. The number of hydrogen-bond donors (Lipinski definition) is 1. The minimum atomic E-state index is -3.72. The number of amides is 1. The Labute approximate surface area is 210 Å². The summed E-state index contributed by atoms with van der Waals surface area (Å²) in [5, 5.41) is 0.611. The van der Waals surface area contributed by atoms with E-state index in [1.54, 1.807) is 6.07 Å². The van der Waals surface area contributed by atoms with Crippen LogP contribution < -0.4 is 4.72 Å². The third-order valence-corrected chi connectivity index (χ3v) is 7.44. The van der Waals surface area contributed by atoms with Crippen molar-refractivity contribution in [3.63, 3.8) is 0 Å². The molecule has 2 aromatic heterocycles. The Morgan fingerprint density at radius 3 is 2.49 bits per heavy atom. The molecule has 2 aromatic carbocycles. The van der Waals surface area contributed by atoms with Crippen molar-refractivity contribution in [2.75, 3.05) is 5.75 Å². The number of nitrogens with zero attached hydrogens (tertiary/aromatic N) is 3. The highest BCUT2D eigenvalue weighted by atomic mass is 35.5. The van der Waals surface area contributed by atoms with E-state index in [0.29, 0.717) is 35.0 Å². The number of nitrogens with one attached hydrogen (secondary N) is 1. The van der Waals surface area contributed by atoms with Crippen molar-refractivity contribution in [2.24, 2.45) is 0 Å². The zero-order valence-electron chi connectivity index (χ0n) is 19.7. The maximum atomic E-state index is 12.6. The molecule has 1 N–H and O–H groups in total. The number of pyridine rings is 1. The zero-order valence-corrected chi connectivity index (χ0v) is 21.2. The Bertz CT molecular complexity index is 1470. The van der Waals surface area contributed by atoms with Gasteiger partial charge < -0.3 is 4.57 Å². The third-order valence-electron chi connectivity index (χ3n) is 5.77. The average molecular weight is 511 g/mol. The molecule has 4 aromatic rings. The third kappa shape index (κ3) is 5.89. The minimum absolute atomic E-state index is 0.0169. The zero-order chi connectivity index (χ0) is 25.0. The van der Waals surface area contributed by atoms with Gasteiger partial charge in [0.2, 0.25) is 10.0 Å². The Kier molecular flexibility index (Phi) is 7.52. The molecule has 4 rings (SSSR count). The van der Waals surface area contributed by atoms with Crippen LogP contribution >= 0.6 is 11.6 Å². The molecule has 0 atom stereocenters. The van der Waals surface area contributed by atoms with Crippen LogP contribution in [0.1, 0.15) is 48.1 Å². The van der Waals surface area contributed by atoms with Crippen molar-refractivity contribution in [2.45, 2.75) is 39.7 Å². The normalized spacial score (nSPS) is 11.6. The number of halogens is 1. The van der Waals surface area contributed by atoms with E-state index in [-0.39, 0.29) is 11.4 Å². The molecule has 0 fully saturated rings. The molecule has 0 aliphatic heterocycles. The largest absolute Gasteiger partial charge is 0.308 e. The topological polar surface area (TPSA) is 94.0 Å². The number of rotatable bonds is 9. The molecule has 0 radical (unpaired) electrons. The van der Waals surface area contributed by atoms with Gasteiger partial charge in [0, 0.05) is 5.02 Å². The highest BCUT2D eigenvalue weighted by Crippen LogP contribution is 2.27. The summed E-state index contributed by atoms with van der Waals surface area (Å²) in [7, 11) is -3.72. The summed E-state index contributed by atoms with van der Waals surface area (Å²) in [6.07, 6.45) is 2.18. The van der Waals surface area contributed by atoms with Crippen LogP contribution in [0.25, 0.3) is 22.3 Å². The molecule has 0 bridgehead atoms. The summed E-state index contributed by atoms with van der Waals surface area (Å²) in [4.78, 5) is 21.6. The van der Waals surface area contributed by atoms with E-state index in [4.69, 9.17) is 11.6 Å². The summed E-state index contributed by atoms with van der Waals surface area (Å²) in [5.74, 6) is -0.136. The number of carbonyl (C=O) groups excluding carboxylic acids is 1. The van der Waals surface area contributed by atoms with E-state index in [0.717, 1.165) is 29.5 Å². The molecule has 0 aliphatic rings. The number of fused-ring (bicyclic) bond motifs is 1. The highest BCUT2D eigenvalue weighted by molar-refractivity contribution is 7.90. The van der Waals surface area contributed by atoms with Gasteiger partial charge in [-0.25, -0.2) is 23.1 Å². The second-order valence-corrected chi connectivity index (χ2v) is 10.7. The van der Waals surface area contributed by atoms with Crippen LogP contribution in [-0.2, 0) is 16.6 Å². The van der Waals surface area contributed by atoms with E-state index in [9.17, 15) is 13.2 Å². The molecule has 182 valence electrons. The number of aromatic nitrogens is 3. The van der Waals surface area contributed by atoms with Crippen LogP contribution in [0, 0.1) is 6.92 Å². The van der Waals surface area contributed by atoms with Crippen LogP contribution in [0.15, 0.2) is 60.7 Å². The number of aryl methyl sites for hydroxylation is 1. The van der Waals surface area contributed by atoms with Gasteiger partial charge in [-0.2, -0.15) is 0 Å². The monoisotopic (exact) mass is 510 g/mol. The quantitative estimate of drug-likeness (QED) is 0.306. The summed E-state index contributed by atoms with van der Waals surface area (Å²) >= 11 is 6.62. The first-order chi connectivity index (χ1) is 16.8. The smallest absolute Gasteiger partial charge is 0.283 e. The molecular weight excluding hydrogens is 484 g/mol. The number of unbranched alkanes of at least 4 members (excludes halogenated alkanes) is 2. The van der Waals surface area contributed by atoms with Crippen molar-refractivity contribution in [3.05, 3.63) is 82.8 Å². The maximum absolute atomic E-state index is 12.6. The van der Waals surface area contributed by atoms with E-state index < -0.39 is 15.9 Å². The van der Waals surface area contributed by atoms with Gasteiger partial charge in [0.05, 0.1) is 12.3 Å². The Morgan fingerprint density at radius 1 is 1.00 bits per heavy atom. The fourth-order valence-electron chi connectivity index (χ4n) is 3.87. The van der Waals surface area contributed by atoms with Crippen molar-refractivity contribution in [1.29, 1.82) is 0 Å². The van der Waals surface area contributed by atoms with Crippen LogP contribution in [-0.4, -0.2) is 34.6 Å². The molecule has 0 spiro atoms. The van der Waals surface area contributed by atoms with Gasteiger partial charge in [-0.1, -0.05) is 73.8 Å². The number of sulfonamides is 1. The first-order valence-corrected chi connectivity index (χ1v) is 13.5. The van der Waals surface area contributed by atoms with Crippen LogP contribution in [0.3, 0.4) is 0 Å². The SMILES string of the molecule is CCCCCS(=O)(=O)NC(=O)c1ccc2nc(C)n(Cc3ccc(-c4ccccc4)cc3Cl)c2n1. The number of carbonyl (C=O) groups is 1. The van der Waals surface area contributed by atoms with Crippen molar-refractivity contribution in [3.8, 4) is 11.1 Å². The van der Waals surface area contributed by atoms with E-state index >= 15 is 0 Å². The maximum Gasteiger partial charge on any atom is 0.283 e. The first kappa shape index (κ1) is 24.9. The van der Waals surface area contributed by atoms with Crippen molar-refractivity contribution in [1.82, 2.24) is 19.3 Å². The Hall–Kier alpha value is -3.23. The second kappa shape index (κ2) is 10.6. The second-order valence-electron chi connectivity index (χ2n) is 8.41. The van der Waals surface area contributed by atoms with E-state index in [1.807, 2.05) is 66.9 Å². The van der Waals surface area contributed by atoms with Crippen LogP contribution in [0.4, 0.5) is 0 Å². The summed E-state index contributed by atoms with van der Waals surface area (Å²) < 4.78 is 28.5. The molecule has 0 saturated heterocycles. The predicted molar refractivity (Wildman–Crippen MR) is 139 cm³/mol. The number of benzene rings is 2. The molecule has 0 aliphatic carbocycles. The lowest BCUT2D eigenvalue weighted by Gasteiger charge is -2.11. The van der Waals surface area contributed by atoms with Gasteiger partial charge in [-0.15, -0.1) is 0 Å².